The van der Waals surface area contributed by atoms with Gasteiger partial charge in [0, 0.05) is 19.6 Å². The molecular weight excluding hydrogens is 314 g/mol. The van der Waals surface area contributed by atoms with E-state index in [1.165, 1.54) is 4.90 Å². The van der Waals surface area contributed by atoms with Crippen molar-refractivity contribution in [2.75, 3.05) is 31.5 Å². The van der Waals surface area contributed by atoms with E-state index in [0.29, 0.717) is 31.1 Å². The second-order valence-corrected chi connectivity index (χ2v) is 6.00. The zero-order valence-corrected chi connectivity index (χ0v) is 13.3. The number of anilines is 1. The number of nitrogens with zero attached hydrogens (tertiary/aromatic N) is 2. The summed E-state index contributed by atoms with van der Waals surface area (Å²) in [5.41, 5.74) is 1.58. The number of benzene rings is 1. The molecule has 1 aromatic rings. The second-order valence-electron chi connectivity index (χ2n) is 6.00. The van der Waals surface area contributed by atoms with Gasteiger partial charge in [-0.25, -0.2) is 0 Å². The standard InChI is InChI=1S/C16H19N3O5/c1-10-16(23)17-12-6-11(2-3-13(12)24-10)7-18-4-5-19(9-15(21)22)14(20)8-18/h2-3,6,10H,4-5,7-9H2,1H3,(H,17,23)(H,21,22). The smallest absolute Gasteiger partial charge is 0.323 e. The summed E-state index contributed by atoms with van der Waals surface area (Å²) in [5, 5.41) is 11.6. The molecule has 0 spiro atoms. The van der Waals surface area contributed by atoms with Gasteiger partial charge in [-0.15, -0.1) is 0 Å². The second kappa shape index (κ2) is 6.48. The Morgan fingerprint density at radius 3 is 2.88 bits per heavy atom. The van der Waals surface area contributed by atoms with Crippen molar-refractivity contribution in [2.45, 2.75) is 19.6 Å². The maximum atomic E-state index is 12.0. The summed E-state index contributed by atoms with van der Waals surface area (Å²) in [4.78, 5) is 37.7. The summed E-state index contributed by atoms with van der Waals surface area (Å²) >= 11 is 0. The lowest BCUT2D eigenvalue weighted by atomic mass is 10.1. The number of carboxylic acid groups (broad SMARTS) is 1. The monoisotopic (exact) mass is 333 g/mol. The lowest BCUT2D eigenvalue weighted by molar-refractivity contribution is -0.147. The van der Waals surface area contributed by atoms with Gasteiger partial charge in [0.1, 0.15) is 12.3 Å². The van der Waals surface area contributed by atoms with E-state index in [4.69, 9.17) is 9.84 Å². The molecule has 0 radical (unpaired) electrons. The zero-order valence-electron chi connectivity index (χ0n) is 13.3. The summed E-state index contributed by atoms with van der Waals surface area (Å²) < 4.78 is 5.52. The maximum Gasteiger partial charge on any atom is 0.323 e. The van der Waals surface area contributed by atoms with E-state index in [1.54, 1.807) is 6.92 Å². The Kier molecular flexibility index (Phi) is 4.39. The number of rotatable bonds is 4. The molecular formula is C16H19N3O5. The van der Waals surface area contributed by atoms with E-state index in [9.17, 15) is 14.4 Å². The van der Waals surface area contributed by atoms with Crippen LogP contribution >= 0.6 is 0 Å². The molecule has 0 saturated carbocycles. The number of carboxylic acids is 1. The highest BCUT2D eigenvalue weighted by atomic mass is 16.5. The van der Waals surface area contributed by atoms with Crippen LogP contribution in [0.3, 0.4) is 0 Å². The largest absolute Gasteiger partial charge is 0.480 e. The molecule has 128 valence electrons. The summed E-state index contributed by atoms with van der Waals surface area (Å²) in [6, 6.07) is 5.55. The molecule has 2 heterocycles. The quantitative estimate of drug-likeness (QED) is 0.813. The number of ether oxygens (including phenoxy) is 1. The first-order chi connectivity index (χ1) is 11.4. The first-order valence-corrected chi connectivity index (χ1v) is 7.75. The van der Waals surface area contributed by atoms with Crippen molar-refractivity contribution in [1.29, 1.82) is 0 Å². The molecule has 1 aromatic carbocycles. The predicted octanol–water partition coefficient (Wildman–Crippen LogP) is 0.135. The highest BCUT2D eigenvalue weighted by Crippen LogP contribution is 2.30. The topological polar surface area (TPSA) is 99.2 Å². The van der Waals surface area contributed by atoms with Crippen LogP contribution < -0.4 is 10.1 Å². The minimum Gasteiger partial charge on any atom is -0.480 e. The summed E-state index contributed by atoms with van der Waals surface area (Å²) in [7, 11) is 0. The van der Waals surface area contributed by atoms with Gasteiger partial charge in [-0.2, -0.15) is 0 Å². The number of aliphatic carboxylic acids is 1. The average Bonchev–Trinajstić information content (AvgIpc) is 2.51. The van der Waals surface area contributed by atoms with Gasteiger partial charge in [0.2, 0.25) is 5.91 Å². The Balaban J connectivity index is 1.63. The van der Waals surface area contributed by atoms with Crippen LogP contribution in [0.5, 0.6) is 5.75 Å². The van der Waals surface area contributed by atoms with E-state index in [1.807, 2.05) is 23.1 Å². The predicted molar refractivity (Wildman–Crippen MR) is 84.7 cm³/mol. The molecule has 24 heavy (non-hydrogen) atoms. The molecule has 8 heteroatoms. The number of hydrogen-bond acceptors (Lipinski definition) is 5. The molecule has 3 rings (SSSR count). The summed E-state index contributed by atoms with van der Waals surface area (Å²) in [5.74, 6) is -0.742. The number of carbonyl (C=O) groups excluding carboxylic acids is 2. The van der Waals surface area contributed by atoms with Crippen LogP contribution in [-0.2, 0) is 20.9 Å². The third kappa shape index (κ3) is 3.48. The maximum absolute atomic E-state index is 12.0. The van der Waals surface area contributed by atoms with E-state index < -0.39 is 12.1 Å². The van der Waals surface area contributed by atoms with E-state index in [-0.39, 0.29) is 24.9 Å². The summed E-state index contributed by atoms with van der Waals surface area (Å²) in [6.45, 7) is 3.17. The highest BCUT2D eigenvalue weighted by molar-refractivity contribution is 5.97. The van der Waals surface area contributed by atoms with Crippen molar-refractivity contribution in [3.63, 3.8) is 0 Å². The van der Waals surface area contributed by atoms with Gasteiger partial charge in [0.05, 0.1) is 12.2 Å². The zero-order chi connectivity index (χ0) is 17.3. The lowest BCUT2D eigenvalue weighted by Crippen LogP contribution is -2.51. The first kappa shape index (κ1) is 16.3. The molecule has 0 bridgehead atoms. The number of carbonyl (C=O) groups is 3. The Labute approximate surface area is 139 Å². The fraction of sp³-hybridized carbons (Fsp3) is 0.438. The van der Waals surface area contributed by atoms with Crippen LogP contribution in [0, 0.1) is 0 Å². The highest BCUT2D eigenvalue weighted by Gasteiger charge is 2.26. The van der Waals surface area contributed by atoms with Gasteiger partial charge in [0.15, 0.2) is 6.10 Å². The van der Waals surface area contributed by atoms with Crippen molar-refractivity contribution < 1.29 is 24.2 Å². The molecule has 1 saturated heterocycles. The number of hydrogen-bond donors (Lipinski definition) is 2. The van der Waals surface area contributed by atoms with Gasteiger partial charge >= 0.3 is 5.97 Å². The van der Waals surface area contributed by atoms with Crippen molar-refractivity contribution in [2.24, 2.45) is 0 Å². The van der Waals surface area contributed by atoms with Crippen molar-refractivity contribution in [3.05, 3.63) is 23.8 Å². The molecule has 0 aromatic heterocycles. The number of fused-ring (bicyclic) bond motifs is 1. The fourth-order valence-corrected chi connectivity index (χ4v) is 2.84. The molecule has 1 unspecified atom stereocenters. The van der Waals surface area contributed by atoms with Crippen LogP contribution in [0.1, 0.15) is 12.5 Å². The van der Waals surface area contributed by atoms with E-state index in [2.05, 4.69) is 5.32 Å². The minimum atomic E-state index is -1.00. The van der Waals surface area contributed by atoms with Gasteiger partial charge < -0.3 is 20.1 Å². The van der Waals surface area contributed by atoms with Crippen LogP contribution in [0.4, 0.5) is 5.69 Å². The van der Waals surface area contributed by atoms with Crippen LogP contribution in [0.15, 0.2) is 18.2 Å². The van der Waals surface area contributed by atoms with E-state index in [0.717, 1.165) is 5.56 Å². The molecule has 2 amide bonds. The molecule has 2 N–H and O–H groups in total. The van der Waals surface area contributed by atoms with Crippen LogP contribution in [0.25, 0.3) is 0 Å². The number of amides is 2. The van der Waals surface area contributed by atoms with Crippen molar-refractivity contribution in [1.82, 2.24) is 9.80 Å². The molecule has 0 aliphatic carbocycles. The third-order valence-corrected chi connectivity index (χ3v) is 4.10. The molecule has 8 nitrogen and oxygen atoms in total. The average molecular weight is 333 g/mol. The first-order valence-electron chi connectivity index (χ1n) is 7.75. The number of nitrogens with one attached hydrogen (secondary N) is 1. The van der Waals surface area contributed by atoms with Crippen LogP contribution in [0.2, 0.25) is 0 Å². The Morgan fingerprint density at radius 2 is 2.17 bits per heavy atom. The molecule has 1 atom stereocenters. The fourth-order valence-electron chi connectivity index (χ4n) is 2.84. The van der Waals surface area contributed by atoms with Crippen molar-refractivity contribution in [3.8, 4) is 5.75 Å². The normalized spacial score (nSPS) is 21.0. The van der Waals surface area contributed by atoms with Gasteiger partial charge in [0.25, 0.3) is 5.91 Å². The Bertz CT molecular complexity index is 690. The third-order valence-electron chi connectivity index (χ3n) is 4.10. The molecule has 2 aliphatic rings. The summed E-state index contributed by atoms with van der Waals surface area (Å²) in [6.07, 6.45) is -0.511. The Morgan fingerprint density at radius 1 is 1.38 bits per heavy atom. The SMILES string of the molecule is CC1Oc2ccc(CN3CCN(CC(=O)O)C(=O)C3)cc2NC1=O. The van der Waals surface area contributed by atoms with Gasteiger partial charge in [-0.05, 0) is 24.6 Å². The Hall–Kier alpha value is -2.61. The van der Waals surface area contributed by atoms with Crippen molar-refractivity contribution >= 4 is 23.5 Å². The lowest BCUT2D eigenvalue weighted by Gasteiger charge is -2.33. The minimum absolute atomic E-state index is 0.183. The molecule has 1 fully saturated rings. The number of piperazine rings is 1. The molecule has 2 aliphatic heterocycles. The van der Waals surface area contributed by atoms with Gasteiger partial charge in [-0.3, -0.25) is 19.3 Å². The van der Waals surface area contributed by atoms with Crippen LogP contribution in [-0.4, -0.2) is 65.0 Å². The van der Waals surface area contributed by atoms with E-state index >= 15 is 0 Å². The van der Waals surface area contributed by atoms with Gasteiger partial charge in [-0.1, -0.05) is 6.07 Å².